The average molecular weight is 553 g/mol. The number of non-ortho nitro benzene ring substituents is 2. The molecule has 0 aliphatic carbocycles. The summed E-state index contributed by atoms with van der Waals surface area (Å²) in [5.74, 6) is -1.93. The van der Waals surface area contributed by atoms with Crippen LogP contribution in [0.15, 0.2) is 102 Å². The van der Waals surface area contributed by atoms with Crippen molar-refractivity contribution < 1.29 is 29.0 Å². The van der Waals surface area contributed by atoms with Gasteiger partial charge in [-0.25, -0.2) is 10.2 Å². The Bertz CT molecular complexity index is 1640. The number of carbonyl (C=O) groups excluding carboxylic acids is 3. The van der Waals surface area contributed by atoms with Crippen molar-refractivity contribution in [3.05, 3.63) is 140 Å². The zero-order valence-electron chi connectivity index (χ0n) is 20.9. The summed E-state index contributed by atoms with van der Waals surface area (Å²) in [4.78, 5) is 57.9. The first-order valence-corrected chi connectivity index (χ1v) is 11.8. The van der Waals surface area contributed by atoms with E-state index in [1.807, 2.05) is 0 Å². The highest BCUT2D eigenvalue weighted by Crippen LogP contribution is 2.25. The number of carbonyl (C=O) groups is 3. The molecule has 13 heteroatoms. The van der Waals surface area contributed by atoms with Gasteiger partial charge in [-0.05, 0) is 48.5 Å². The second-order valence-electron chi connectivity index (χ2n) is 8.28. The van der Waals surface area contributed by atoms with Crippen LogP contribution in [-0.2, 0) is 0 Å². The molecule has 4 aromatic rings. The SMILES string of the molecule is O=C(N/N=C\c1ccccc1OC(=O)c1cc([N+](=O)[O-])cc([N+](=O)[O-])c1)c1ccc(NC(=O)c2ccccc2)cc1. The summed E-state index contributed by atoms with van der Waals surface area (Å²) in [6.45, 7) is 0. The normalized spacial score (nSPS) is 10.5. The van der Waals surface area contributed by atoms with Gasteiger partial charge in [0.1, 0.15) is 5.75 Å². The molecule has 0 unspecified atom stereocenters. The zero-order chi connectivity index (χ0) is 29.4. The second kappa shape index (κ2) is 12.5. The first-order valence-electron chi connectivity index (χ1n) is 11.8. The van der Waals surface area contributed by atoms with Crippen molar-refractivity contribution in [1.29, 1.82) is 0 Å². The van der Waals surface area contributed by atoms with E-state index in [0.717, 1.165) is 18.2 Å². The van der Waals surface area contributed by atoms with Gasteiger partial charge in [0.2, 0.25) is 0 Å². The van der Waals surface area contributed by atoms with E-state index in [4.69, 9.17) is 4.74 Å². The number of benzene rings is 4. The smallest absolute Gasteiger partial charge is 0.344 e. The third-order valence-corrected chi connectivity index (χ3v) is 5.49. The van der Waals surface area contributed by atoms with Gasteiger partial charge in [-0.2, -0.15) is 5.10 Å². The summed E-state index contributed by atoms with van der Waals surface area (Å²) >= 11 is 0. The molecule has 0 aromatic heterocycles. The van der Waals surface area contributed by atoms with Gasteiger partial charge in [0.25, 0.3) is 23.2 Å². The Hall–Kier alpha value is -6.24. The molecule has 0 saturated heterocycles. The van der Waals surface area contributed by atoms with Crippen LogP contribution in [0.2, 0.25) is 0 Å². The highest BCUT2D eigenvalue weighted by Gasteiger charge is 2.21. The minimum absolute atomic E-state index is 0.0110. The molecule has 2 amide bonds. The molecular weight excluding hydrogens is 534 g/mol. The maximum Gasteiger partial charge on any atom is 0.344 e. The number of ether oxygens (including phenoxy) is 1. The van der Waals surface area contributed by atoms with E-state index in [9.17, 15) is 34.6 Å². The van der Waals surface area contributed by atoms with Gasteiger partial charge >= 0.3 is 5.97 Å². The number of para-hydroxylation sites is 1. The lowest BCUT2D eigenvalue weighted by Crippen LogP contribution is -2.18. The van der Waals surface area contributed by atoms with Crippen molar-refractivity contribution >= 4 is 41.1 Å². The van der Waals surface area contributed by atoms with Gasteiger partial charge < -0.3 is 10.1 Å². The number of nitrogens with one attached hydrogen (secondary N) is 2. The molecule has 13 nitrogen and oxygen atoms in total. The lowest BCUT2D eigenvalue weighted by atomic mass is 10.1. The minimum Gasteiger partial charge on any atom is -0.422 e. The van der Waals surface area contributed by atoms with Crippen LogP contribution in [0.3, 0.4) is 0 Å². The standard InChI is InChI=1S/C28H19N5O8/c34-26(18-6-2-1-3-7-18)30-22-12-10-19(11-13-22)27(35)31-29-17-20-8-4-5-9-25(20)41-28(36)21-14-23(32(37)38)16-24(15-21)33(39)40/h1-17H,(H,30,34)(H,31,35)/b29-17-. The number of hydrazone groups is 1. The molecular formula is C28H19N5O8. The van der Waals surface area contributed by atoms with Crippen LogP contribution >= 0.6 is 0 Å². The summed E-state index contributed by atoms with van der Waals surface area (Å²) in [6, 6.07) is 23.3. The number of esters is 1. The molecule has 4 rings (SSSR count). The summed E-state index contributed by atoms with van der Waals surface area (Å²) in [5, 5.41) is 28.8. The number of nitro groups is 2. The Morgan fingerprint density at radius 1 is 0.707 bits per heavy atom. The Balaban J connectivity index is 1.41. The van der Waals surface area contributed by atoms with Gasteiger partial charge in [0.05, 0.1) is 27.7 Å². The zero-order valence-corrected chi connectivity index (χ0v) is 20.9. The van der Waals surface area contributed by atoms with Crippen LogP contribution in [-0.4, -0.2) is 33.8 Å². The fourth-order valence-corrected chi connectivity index (χ4v) is 3.49. The average Bonchev–Trinajstić information content (AvgIpc) is 2.98. The summed E-state index contributed by atoms with van der Waals surface area (Å²) in [6.07, 6.45) is 1.21. The first-order chi connectivity index (χ1) is 19.7. The number of hydrogen-bond acceptors (Lipinski definition) is 9. The molecule has 0 atom stereocenters. The van der Waals surface area contributed by atoms with Crippen molar-refractivity contribution in [3.8, 4) is 5.75 Å². The van der Waals surface area contributed by atoms with E-state index < -0.39 is 38.7 Å². The maximum atomic E-state index is 12.7. The van der Waals surface area contributed by atoms with Gasteiger partial charge in [0.15, 0.2) is 0 Å². The predicted molar refractivity (Wildman–Crippen MR) is 147 cm³/mol. The third kappa shape index (κ3) is 7.20. The van der Waals surface area contributed by atoms with Crippen molar-refractivity contribution in [2.24, 2.45) is 5.10 Å². The Morgan fingerprint density at radius 2 is 1.29 bits per heavy atom. The molecule has 204 valence electrons. The molecule has 0 aliphatic heterocycles. The summed E-state index contributed by atoms with van der Waals surface area (Å²) in [7, 11) is 0. The number of rotatable bonds is 9. The molecule has 2 N–H and O–H groups in total. The predicted octanol–water partition coefficient (Wildman–Crippen LogP) is 4.74. The van der Waals surface area contributed by atoms with E-state index >= 15 is 0 Å². The lowest BCUT2D eigenvalue weighted by molar-refractivity contribution is -0.394. The monoisotopic (exact) mass is 553 g/mol. The topological polar surface area (TPSA) is 183 Å². The molecule has 0 saturated carbocycles. The van der Waals surface area contributed by atoms with E-state index in [2.05, 4.69) is 15.8 Å². The molecule has 0 bridgehead atoms. The molecule has 0 spiro atoms. The van der Waals surface area contributed by atoms with Gasteiger partial charge in [-0.15, -0.1) is 0 Å². The Labute approximate surface area is 231 Å². The van der Waals surface area contributed by atoms with Crippen molar-refractivity contribution in [3.63, 3.8) is 0 Å². The summed E-state index contributed by atoms with van der Waals surface area (Å²) < 4.78 is 5.30. The third-order valence-electron chi connectivity index (χ3n) is 5.49. The molecule has 41 heavy (non-hydrogen) atoms. The first kappa shape index (κ1) is 27.8. The van der Waals surface area contributed by atoms with Crippen LogP contribution in [0.1, 0.15) is 36.6 Å². The Morgan fingerprint density at radius 3 is 1.93 bits per heavy atom. The Kier molecular flexibility index (Phi) is 8.50. The number of anilines is 1. The highest BCUT2D eigenvalue weighted by molar-refractivity contribution is 6.04. The van der Waals surface area contributed by atoms with Crippen LogP contribution in [0, 0.1) is 20.2 Å². The van der Waals surface area contributed by atoms with Gasteiger partial charge in [-0.1, -0.05) is 30.3 Å². The summed E-state index contributed by atoms with van der Waals surface area (Å²) in [5.41, 5.74) is 2.15. The lowest BCUT2D eigenvalue weighted by Gasteiger charge is -2.08. The van der Waals surface area contributed by atoms with Crippen LogP contribution in [0.4, 0.5) is 17.1 Å². The minimum atomic E-state index is -1.07. The number of hydrogen-bond donors (Lipinski definition) is 2. The molecule has 0 fully saturated rings. The van der Waals surface area contributed by atoms with Crippen LogP contribution < -0.4 is 15.5 Å². The fourth-order valence-electron chi connectivity index (χ4n) is 3.49. The van der Waals surface area contributed by atoms with E-state index in [-0.39, 0.29) is 22.8 Å². The van der Waals surface area contributed by atoms with Crippen molar-refractivity contribution in [2.75, 3.05) is 5.32 Å². The van der Waals surface area contributed by atoms with Crippen molar-refractivity contribution in [1.82, 2.24) is 5.43 Å². The highest BCUT2D eigenvalue weighted by atomic mass is 16.6. The van der Waals surface area contributed by atoms with E-state index in [1.54, 1.807) is 54.6 Å². The van der Waals surface area contributed by atoms with E-state index in [1.165, 1.54) is 30.5 Å². The van der Waals surface area contributed by atoms with Crippen LogP contribution in [0.5, 0.6) is 5.75 Å². The maximum absolute atomic E-state index is 12.7. The van der Waals surface area contributed by atoms with Gasteiger partial charge in [-0.3, -0.25) is 29.8 Å². The molecule has 4 aromatic carbocycles. The van der Waals surface area contributed by atoms with Crippen LogP contribution in [0.25, 0.3) is 0 Å². The second-order valence-corrected chi connectivity index (χ2v) is 8.28. The van der Waals surface area contributed by atoms with Gasteiger partial charge in [0, 0.05) is 34.5 Å². The number of nitrogens with zero attached hydrogens (tertiary/aromatic N) is 3. The number of amides is 2. The van der Waals surface area contributed by atoms with E-state index in [0.29, 0.717) is 11.3 Å². The molecule has 0 aliphatic rings. The molecule has 0 radical (unpaired) electrons. The quantitative estimate of drug-likeness (QED) is 0.0979. The molecule has 0 heterocycles. The fraction of sp³-hybridized carbons (Fsp3) is 0. The number of nitro benzene ring substituents is 2. The van der Waals surface area contributed by atoms with Crippen molar-refractivity contribution in [2.45, 2.75) is 0 Å². The largest absolute Gasteiger partial charge is 0.422 e.